The molecule has 2 aliphatic heterocycles. The topological polar surface area (TPSA) is 41.9 Å². The SMILES string of the molecule is CC1=C(c2cccc(O)c2)C(c2ccc(OC[C@H](C)N3CCC(C)(C)C3)cc2)Oc2ccccc21. The molecule has 182 valence electrons. The van der Waals surface area contributed by atoms with Crippen molar-refractivity contribution in [3.05, 3.63) is 89.5 Å². The fraction of sp³-hybridized carbons (Fsp3) is 0.355. The van der Waals surface area contributed by atoms with E-state index in [0.29, 0.717) is 18.1 Å². The van der Waals surface area contributed by atoms with E-state index in [1.54, 1.807) is 6.07 Å². The number of phenolic OH excluding ortho intramolecular Hbond substituents is 1. The van der Waals surface area contributed by atoms with Crippen molar-refractivity contribution in [2.75, 3.05) is 19.7 Å². The van der Waals surface area contributed by atoms with Gasteiger partial charge in [-0.25, -0.2) is 0 Å². The average Bonchev–Trinajstić information content (AvgIpc) is 3.22. The fourth-order valence-electron chi connectivity index (χ4n) is 5.27. The van der Waals surface area contributed by atoms with Crippen molar-refractivity contribution in [1.82, 2.24) is 4.90 Å². The standard InChI is InChI=1S/C31H35NO3/c1-21(32-17-16-31(3,4)20-32)19-34-26-14-12-23(13-15-26)30-29(24-8-7-9-25(33)18-24)22(2)27-10-5-6-11-28(27)35-30/h5-15,18,21,30,33H,16-17,19-20H2,1-4H3/t21-,30?/m0/s1. The lowest BCUT2D eigenvalue weighted by Gasteiger charge is -2.31. The van der Waals surface area contributed by atoms with Gasteiger partial charge in [-0.05, 0) is 79.3 Å². The van der Waals surface area contributed by atoms with Crippen LogP contribution in [0.4, 0.5) is 0 Å². The quantitative estimate of drug-likeness (QED) is 0.424. The van der Waals surface area contributed by atoms with Crippen molar-refractivity contribution >= 4 is 11.1 Å². The highest BCUT2D eigenvalue weighted by Crippen LogP contribution is 2.46. The van der Waals surface area contributed by atoms with Crippen LogP contribution in [0.2, 0.25) is 0 Å². The summed E-state index contributed by atoms with van der Waals surface area (Å²) in [6.07, 6.45) is 0.969. The summed E-state index contributed by atoms with van der Waals surface area (Å²) >= 11 is 0. The third-order valence-corrected chi connectivity index (χ3v) is 7.36. The number of benzene rings is 3. The summed E-state index contributed by atoms with van der Waals surface area (Å²) in [5, 5.41) is 10.1. The molecule has 3 aromatic carbocycles. The molecule has 1 unspecified atom stereocenters. The molecule has 3 aromatic rings. The second-order valence-electron chi connectivity index (χ2n) is 10.7. The number of hydrogen-bond donors (Lipinski definition) is 1. The van der Waals surface area contributed by atoms with Gasteiger partial charge in [-0.3, -0.25) is 4.90 Å². The van der Waals surface area contributed by atoms with Crippen molar-refractivity contribution in [2.24, 2.45) is 5.41 Å². The lowest BCUT2D eigenvalue weighted by Crippen LogP contribution is -2.36. The van der Waals surface area contributed by atoms with Crippen LogP contribution in [0, 0.1) is 5.41 Å². The Morgan fingerprint density at radius 3 is 2.54 bits per heavy atom. The van der Waals surface area contributed by atoms with E-state index in [0.717, 1.165) is 52.4 Å². The fourth-order valence-corrected chi connectivity index (χ4v) is 5.27. The van der Waals surface area contributed by atoms with Gasteiger partial charge in [0.25, 0.3) is 0 Å². The van der Waals surface area contributed by atoms with Crippen LogP contribution >= 0.6 is 0 Å². The molecule has 35 heavy (non-hydrogen) atoms. The van der Waals surface area contributed by atoms with E-state index >= 15 is 0 Å². The van der Waals surface area contributed by atoms with Crippen LogP contribution < -0.4 is 9.47 Å². The van der Waals surface area contributed by atoms with Crippen LogP contribution in [0.25, 0.3) is 11.1 Å². The maximum atomic E-state index is 10.1. The Kier molecular flexibility index (Phi) is 6.33. The highest BCUT2D eigenvalue weighted by atomic mass is 16.5. The third kappa shape index (κ3) is 4.94. The summed E-state index contributed by atoms with van der Waals surface area (Å²) in [5.41, 5.74) is 5.72. The molecule has 0 bridgehead atoms. The first-order valence-electron chi connectivity index (χ1n) is 12.5. The molecule has 0 spiro atoms. The van der Waals surface area contributed by atoms with Crippen LogP contribution in [-0.2, 0) is 0 Å². The lowest BCUT2D eigenvalue weighted by atomic mass is 9.86. The monoisotopic (exact) mass is 469 g/mol. The number of ether oxygens (including phenoxy) is 2. The van der Waals surface area contributed by atoms with Gasteiger partial charge in [0.2, 0.25) is 0 Å². The Hall–Kier alpha value is -3.24. The summed E-state index contributed by atoms with van der Waals surface area (Å²) in [7, 11) is 0. The molecule has 0 saturated carbocycles. The van der Waals surface area contributed by atoms with Gasteiger partial charge in [0.05, 0.1) is 0 Å². The maximum absolute atomic E-state index is 10.1. The molecule has 1 fully saturated rings. The normalized spacial score (nSPS) is 20.3. The van der Waals surface area contributed by atoms with Crippen molar-refractivity contribution in [3.63, 3.8) is 0 Å². The number of phenols is 1. The number of nitrogens with zero attached hydrogens (tertiary/aromatic N) is 1. The minimum atomic E-state index is -0.272. The Labute approximate surface area is 208 Å². The number of likely N-dealkylation sites (tertiary alicyclic amines) is 1. The van der Waals surface area contributed by atoms with E-state index < -0.39 is 0 Å². The van der Waals surface area contributed by atoms with E-state index in [1.807, 2.05) is 48.5 Å². The van der Waals surface area contributed by atoms with E-state index in [4.69, 9.17) is 9.47 Å². The highest BCUT2D eigenvalue weighted by molar-refractivity contribution is 5.95. The summed E-state index contributed by atoms with van der Waals surface area (Å²) in [5.74, 6) is 2.00. The molecular weight excluding hydrogens is 434 g/mol. The molecule has 4 heteroatoms. The third-order valence-electron chi connectivity index (χ3n) is 7.36. The molecule has 2 atom stereocenters. The van der Waals surface area contributed by atoms with Gasteiger partial charge in [0.15, 0.2) is 0 Å². The zero-order valence-corrected chi connectivity index (χ0v) is 21.1. The number of allylic oxidation sites excluding steroid dienone is 1. The summed E-state index contributed by atoms with van der Waals surface area (Å²) in [6, 6.07) is 24.2. The molecule has 4 nitrogen and oxygen atoms in total. The number of aromatic hydroxyl groups is 1. The van der Waals surface area contributed by atoms with Gasteiger partial charge in [0, 0.05) is 23.7 Å². The number of para-hydroxylation sites is 1. The molecular formula is C31H35NO3. The predicted molar refractivity (Wildman–Crippen MR) is 142 cm³/mol. The van der Waals surface area contributed by atoms with E-state index in [1.165, 1.54) is 6.42 Å². The molecule has 0 radical (unpaired) electrons. The average molecular weight is 470 g/mol. The second-order valence-corrected chi connectivity index (χ2v) is 10.7. The van der Waals surface area contributed by atoms with E-state index in [2.05, 4.69) is 50.8 Å². The predicted octanol–water partition coefficient (Wildman–Crippen LogP) is 6.96. The highest BCUT2D eigenvalue weighted by Gasteiger charge is 2.32. The Morgan fingerprint density at radius 1 is 1.06 bits per heavy atom. The Morgan fingerprint density at radius 2 is 1.83 bits per heavy atom. The van der Waals surface area contributed by atoms with E-state index in [9.17, 15) is 5.11 Å². The van der Waals surface area contributed by atoms with Crippen LogP contribution in [0.15, 0.2) is 72.8 Å². The van der Waals surface area contributed by atoms with Crippen molar-refractivity contribution in [1.29, 1.82) is 0 Å². The van der Waals surface area contributed by atoms with Crippen molar-refractivity contribution < 1.29 is 14.6 Å². The number of fused-ring (bicyclic) bond motifs is 1. The van der Waals surface area contributed by atoms with Crippen molar-refractivity contribution in [3.8, 4) is 17.2 Å². The zero-order chi connectivity index (χ0) is 24.6. The number of rotatable bonds is 6. The minimum Gasteiger partial charge on any atom is -0.508 e. The number of hydrogen-bond acceptors (Lipinski definition) is 4. The van der Waals surface area contributed by atoms with Crippen LogP contribution in [-0.4, -0.2) is 35.7 Å². The molecule has 0 aliphatic carbocycles. The zero-order valence-electron chi connectivity index (χ0n) is 21.1. The van der Waals surface area contributed by atoms with Crippen LogP contribution in [0.1, 0.15) is 56.9 Å². The van der Waals surface area contributed by atoms with E-state index in [-0.39, 0.29) is 11.9 Å². The summed E-state index contributed by atoms with van der Waals surface area (Å²) < 4.78 is 12.7. The molecule has 0 aromatic heterocycles. The molecule has 1 N–H and O–H groups in total. The first kappa shape index (κ1) is 23.5. The molecule has 5 rings (SSSR count). The molecule has 2 aliphatic rings. The van der Waals surface area contributed by atoms with Gasteiger partial charge in [-0.2, -0.15) is 0 Å². The van der Waals surface area contributed by atoms with Gasteiger partial charge in [-0.1, -0.05) is 56.3 Å². The summed E-state index contributed by atoms with van der Waals surface area (Å²) in [6.45, 7) is 12.0. The second kappa shape index (κ2) is 9.43. The largest absolute Gasteiger partial charge is 0.508 e. The molecule has 2 heterocycles. The Bertz CT molecular complexity index is 1230. The lowest BCUT2D eigenvalue weighted by molar-refractivity contribution is 0.160. The van der Waals surface area contributed by atoms with Crippen LogP contribution in [0.5, 0.6) is 17.2 Å². The van der Waals surface area contributed by atoms with Gasteiger partial charge in [0.1, 0.15) is 30.0 Å². The first-order valence-corrected chi connectivity index (χ1v) is 12.5. The van der Waals surface area contributed by atoms with Gasteiger partial charge >= 0.3 is 0 Å². The van der Waals surface area contributed by atoms with Gasteiger partial charge < -0.3 is 14.6 Å². The molecule has 0 amide bonds. The van der Waals surface area contributed by atoms with Crippen molar-refractivity contribution in [2.45, 2.75) is 46.3 Å². The first-order chi connectivity index (χ1) is 16.8. The molecule has 1 saturated heterocycles. The smallest absolute Gasteiger partial charge is 0.150 e. The van der Waals surface area contributed by atoms with Crippen LogP contribution in [0.3, 0.4) is 0 Å². The summed E-state index contributed by atoms with van der Waals surface area (Å²) in [4.78, 5) is 2.52. The van der Waals surface area contributed by atoms with Gasteiger partial charge in [-0.15, -0.1) is 0 Å². The Balaban J connectivity index is 1.37. The minimum absolute atomic E-state index is 0.250. The maximum Gasteiger partial charge on any atom is 0.150 e.